The summed E-state index contributed by atoms with van der Waals surface area (Å²) in [5.41, 5.74) is 7.36. The molecule has 2 aliphatic rings. The van der Waals surface area contributed by atoms with Crippen LogP contribution in [0.2, 0.25) is 0 Å². The summed E-state index contributed by atoms with van der Waals surface area (Å²) in [5, 5.41) is 0. The number of piperidine rings is 1. The normalized spacial score (nSPS) is 21.5. The molecule has 3 heterocycles. The molecule has 1 saturated heterocycles. The molecule has 2 unspecified atom stereocenters. The van der Waals surface area contributed by atoms with Crippen LogP contribution in [0.3, 0.4) is 0 Å². The minimum atomic E-state index is -0.511. The van der Waals surface area contributed by atoms with Crippen molar-refractivity contribution < 1.29 is 19.1 Å². The summed E-state index contributed by atoms with van der Waals surface area (Å²) >= 11 is 0. The van der Waals surface area contributed by atoms with E-state index in [1.54, 1.807) is 13.3 Å². The highest BCUT2D eigenvalue weighted by atomic mass is 16.5. The molecule has 0 saturated carbocycles. The van der Waals surface area contributed by atoms with Gasteiger partial charge in [-0.2, -0.15) is 0 Å². The molecule has 1 aromatic carbocycles. The summed E-state index contributed by atoms with van der Waals surface area (Å²) in [5.74, 6) is 0.663. The Balaban J connectivity index is 1.39. The molecule has 2 atom stereocenters. The molecular weight excluding hydrogens is 372 g/mol. The summed E-state index contributed by atoms with van der Waals surface area (Å²) < 4.78 is 12.7. The van der Waals surface area contributed by atoms with Crippen LogP contribution >= 0.6 is 0 Å². The number of amides is 1. The SMILES string of the molecule is CCOC(=O)c1ncn(C2CCN(C(=O)C3Oc4ccccc4C3C)CC2)c1N. The van der Waals surface area contributed by atoms with Gasteiger partial charge in [-0.25, -0.2) is 9.78 Å². The Kier molecular flexibility index (Phi) is 5.17. The molecule has 0 aliphatic carbocycles. The minimum absolute atomic E-state index is 0.0259. The average molecular weight is 398 g/mol. The molecule has 0 spiro atoms. The number of imidazole rings is 1. The summed E-state index contributed by atoms with van der Waals surface area (Å²) in [6.45, 7) is 5.27. The van der Waals surface area contributed by atoms with E-state index in [1.165, 1.54) is 0 Å². The molecule has 2 aromatic rings. The van der Waals surface area contributed by atoms with Crippen LogP contribution < -0.4 is 10.5 Å². The molecule has 2 N–H and O–H groups in total. The Hall–Kier alpha value is -3.03. The van der Waals surface area contributed by atoms with E-state index in [-0.39, 0.29) is 30.2 Å². The third kappa shape index (κ3) is 3.43. The molecule has 8 nitrogen and oxygen atoms in total. The zero-order valence-electron chi connectivity index (χ0n) is 16.7. The second-order valence-corrected chi connectivity index (χ2v) is 7.53. The number of hydrogen-bond acceptors (Lipinski definition) is 6. The molecule has 1 aromatic heterocycles. The third-order valence-electron chi connectivity index (χ3n) is 5.83. The lowest BCUT2D eigenvalue weighted by atomic mass is 9.96. The number of hydrogen-bond donors (Lipinski definition) is 1. The smallest absolute Gasteiger partial charge is 0.360 e. The molecule has 1 amide bonds. The summed E-state index contributed by atoms with van der Waals surface area (Å²) in [4.78, 5) is 31.0. The largest absolute Gasteiger partial charge is 0.480 e. The number of nitrogens with zero attached hydrogens (tertiary/aromatic N) is 3. The number of ether oxygens (including phenoxy) is 2. The van der Waals surface area contributed by atoms with Crippen molar-refractivity contribution in [1.82, 2.24) is 14.5 Å². The zero-order valence-corrected chi connectivity index (χ0v) is 16.7. The molecule has 154 valence electrons. The van der Waals surface area contributed by atoms with Gasteiger partial charge in [0.2, 0.25) is 0 Å². The van der Waals surface area contributed by atoms with Crippen molar-refractivity contribution in [3.63, 3.8) is 0 Å². The van der Waals surface area contributed by atoms with E-state index < -0.39 is 12.1 Å². The van der Waals surface area contributed by atoms with E-state index in [0.717, 1.165) is 24.2 Å². The lowest BCUT2D eigenvalue weighted by Gasteiger charge is -2.34. The van der Waals surface area contributed by atoms with Crippen molar-refractivity contribution in [2.24, 2.45) is 0 Å². The molecular formula is C21H26N4O4. The molecule has 4 rings (SSSR count). The predicted molar refractivity (Wildman–Crippen MR) is 107 cm³/mol. The highest BCUT2D eigenvalue weighted by Gasteiger charge is 2.39. The fourth-order valence-corrected chi connectivity index (χ4v) is 4.19. The van der Waals surface area contributed by atoms with Gasteiger partial charge in [0.05, 0.1) is 12.9 Å². The van der Waals surface area contributed by atoms with Gasteiger partial charge in [-0.1, -0.05) is 25.1 Å². The number of nitrogens with two attached hydrogens (primary N) is 1. The first-order valence-electron chi connectivity index (χ1n) is 10.0. The van der Waals surface area contributed by atoms with Crippen molar-refractivity contribution in [3.05, 3.63) is 41.9 Å². The van der Waals surface area contributed by atoms with Crippen molar-refractivity contribution in [3.8, 4) is 5.75 Å². The number of anilines is 1. The van der Waals surface area contributed by atoms with Crippen LogP contribution in [-0.2, 0) is 9.53 Å². The Labute approximate surface area is 169 Å². The second-order valence-electron chi connectivity index (χ2n) is 7.53. The van der Waals surface area contributed by atoms with Crippen LogP contribution in [-0.4, -0.2) is 52.1 Å². The molecule has 1 fully saturated rings. The van der Waals surface area contributed by atoms with Crippen molar-refractivity contribution in [2.75, 3.05) is 25.4 Å². The number of benzene rings is 1. The van der Waals surface area contributed by atoms with Crippen LogP contribution in [0.4, 0.5) is 5.82 Å². The predicted octanol–water partition coefficient (Wildman–Crippen LogP) is 2.37. The molecule has 8 heteroatoms. The summed E-state index contributed by atoms with van der Waals surface area (Å²) in [6.07, 6.45) is 2.59. The van der Waals surface area contributed by atoms with Crippen LogP contribution in [0.15, 0.2) is 30.6 Å². The fourth-order valence-electron chi connectivity index (χ4n) is 4.19. The van der Waals surface area contributed by atoms with Gasteiger partial charge in [0.25, 0.3) is 5.91 Å². The van der Waals surface area contributed by atoms with E-state index in [2.05, 4.69) is 4.98 Å². The first-order valence-corrected chi connectivity index (χ1v) is 10.0. The van der Waals surface area contributed by atoms with E-state index >= 15 is 0 Å². The van der Waals surface area contributed by atoms with Gasteiger partial charge in [0.1, 0.15) is 11.6 Å². The lowest BCUT2D eigenvalue weighted by Crippen LogP contribution is -2.46. The Bertz CT molecular complexity index is 917. The zero-order chi connectivity index (χ0) is 20.5. The first kappa shape index (κ1) is 19.3. The number of para-hydroxylation sites is 1. The van der Waals surface area contributed by atoms with Gasteiger partial charge in [0.15, 0.2) is 11.8 Å². The third-order valence-corrected chi connectivity index (χ3v) is 5.83. The highest BCUT2D eigenvalue weighted by Crippen LogP contribution is 2.39. The van der Waals surface area contributed by atoms with Gasteiger partial charge in [-0.05, 0) is 25.8 Å². The maximum Gasteiger partial charge on any atom is 0.360 e. The summed E-state index contributed by atoms with van der Waals surface area (Å²) in [6, 6.07) is 7.91. The molecule has 0 radical (unpaired) electrons. The van der Waals surface area contributed by atoms with Crippen molar-refractivity contribution in [2.45, 2.75) is 44.8 Å². The minimum Gasteiger partial charge on any atom is -0.480 e. The number of nitrogen functional groups attached to an aromatic ring is 1. The standard InChI is InChI=1S/C21H26N4O4/c1-3-28-21(27)17-19(22)25(12-23-17)14-8-10-24(11-9-14)20(26)18-13(2)15-6-4-5-7-16(15)29-18/h4-7,12-14,18H,3,8-11,22H2,1-2H3. The highest BCUT2D eigenvalue weighted by molar-refractivity contribution is 5.92. The Morgan fingerprint density at radius 2 is 2.00 bits per heavy atom. The molecule has 0 bridgehead atoms. The number of carbonyl (C=O) groups is 2. The van der Waals surface area contributed by atoms with Crippen LogP contribution in [0.5, 0.6) is 5.75 Å². The summed E-state index contributed by atoms with van der Waals surface area (Å²) in [7, 11) is 0. The van der Waals surface area contributed by atoms with Crippen molar-refractivity contribution >= 4 is 17.7 Å². The van der Waals surface area contributed by atoms with Crippen LogP contribution in [0, 0.1) is 0 Å². The fraction of sp³-hybridized carbons (Fsp3) is 0.476. The second kappa shape index (κ2) is 7.77. The quantitative estimate of drug-likeness (QED) is 0.794. The van der Waals surface area contributed by atoms with Gasteiger partial charge in [0, 0.05) is 30.6 Å². The van der Waals surface area contributed by atoms with Crippen LogP contribution in [0.25, 0.3) is 0 Å². The Morgan fingerprint density at radius 1 is 1.28 bits per heavy atom. The number of carbonyl (C=O) groups excluding carboxylic acids is 2. The maximum atomic E-state index is 13.1. The number of rotatable bonds is 4. The monoisotopic (exact) mass is 398 g/mol. The first-order chi connectivity index (χ1) is 14.0. The van der Waals surface area contributed by atoms with Gasteiger partial charge >= 0.3 is 5.97 Å². The van der Waals surface area contributed by atoms with E-state index in [0.29, 0.717) is 18.9 Å². The van der Waals surface area contributed by atoms with E-state index in [4.69, 9.17) is 15.2 Å². The van der Waals surface area contributed by atoms with Gasteiger partial charge in [-0.15, -0.1) is 0 Å². The Morgan fingerprint density at radius 3 is 2.69 bits per heavy atom. The molecule has 29 heavy (non-hydrogen) atoms. The number of fused-ring (bicyclic) bond motifs is 1. The number of aromatic nitrogens is 2. The number of esters is 1. The average Bonchev–Trinajstić information content (AvgIpc) is 3.28. The van der Waals surface area contributed by atoms with E-state index in [9.17, 15) is 9.59 Å². The lowest BCUT2D eigenvalue weighted by molar-refractivity contribution is -0.140. The maximum absolute atomic E-state index is 13.1. The topological polar surface area (TPSA) is 99.7 Å². The van der Waals surface area contributed by atoms with Gasteiger partial charge in [-0.3, -0.25) is 4.79 Å². The van der Waals surface area contributed by atoms with Crippen molar-refractivity contribution in [1.29, 1.82) is 0 Å². The van der Waals surface area contributed by atoms with E-state index in [1.807, 2.05) is 40.7 Å². The van der Waals surface area contributed by atoms with Crippen LogP contribution in [0.1, 0.15) is 54.7 Å². The van der Waals surface area contributed by atoms with Gasteiger partial charge < -0.3 is 24.7 Å². The molecule has 2 aliphatic heterocycles. The number of likely N-dealkylation sites (tertiary alicyclic amines) is 1.